The average Bonchev–Trinajstić information content (AvgIpc) is 2.32. The quantitative estimate of drug-likeness (QED) is 0.483. The lowest BCUT2D eigenvalue weighted by Crippen LogP contribution is -2.09. The second-order valence-electron chi connectivity index (χ2n) is 3.67. The maximum absolute atomic E-state index is 13.4. The fourth-order valence-corrected chi connectivity index (χ4v) is 3.59. The minimum atomic E-state index is -4.14. The fourth-order valence-electron chi connectivity index (χ4n) is 1.27. The zero-order valence-electron chi connectivity index (χ0n) is 10.0. The first kappa shape index (κ1) is 16.8. The Bertz CT molecular complexity index is 696. The van der Waals surface area contributed by atoms with Crippen LogP contribution >= 0.6 is 0 Å². The van der Waals surface area contributed by atoms with Crippen molar-refractivity contribution in [1.82, 2.24) is 0 Å². The van der Waals surface area contributed by atoms with Crippen LogP contribution in [0.1, 0.15) is 5.56 Å². The number of halogens is 5. The van der Waals surface area contributed by atoms with Gasteiger partial charge in [-0.05, 0) is 6.08 Å². The van der Waals surface area contributed by atoms with Crippen LogP contribution < -0.4 is 0 Å². The van der Waals surface area contributed by atoms with Crippen molar-refractivity contribution < 1.29 is 34.6 Å². The molecule has 0 amide bonds. The number of hydrogen-bond acceptors (Lipinski definition) is 3. The Labute approximate surface area is 113 Å². The second-order valence-corrected chi connectivity index (χ2v) is 7.26. The monoisotopic (exact) mass is 334 g/mol. The van der Waals surface area contributed by atoms with Gasteiger partial charge in [-0.1, -0.05) is 0 Å². The molecule has 0 N–H and O–H groups in total. The van der Waals surface area contributed by atoms with Gasteiger partial charge in [-0.2, -0.15) is 0 Å². The molecule has 0 radical (unpaired) electrons. The van der Waals surface area contributed by atoms with Crippen molar-refractivity contribution in [2.45, 2.75) is 0 Å². The van der Waals surface area contributed by atoms with E-state index in [4.69, 9.17) is 0 Å². The highest BCUT2D eigenvalue weighted by Gasteiger charge is 2.26. The number of hydrogen-bond donors (Lipinski definition) is 0. The second kappa shape index (κ2) is 5.60. The molecule has 1 atom stereocenters. The smallest absolute Gasteiger partial charge is 0.200 e. The van der Waals surface area contributed by atoms with E-state index in [0.717, 1.165) is 6.26 Å². The van der Waals surface area contributed by atoms with Gasteiger partial charge < -0.3 is 0 Å². The van der Waals surface area contributed by atoms with Gasteiger partial charge >= 0.3 is 0 Å². The first-order valence-corrected chi connectivity index (χ1v) is 8.20. The fraction of sp³-hybridized carbons (Fsp3) is 0.200. The molecule has 0 bridgehead atoms. The molecule has 1 aromatic carbocycles. The lowest BCUT2D eigenvalue weighted by atomic mass is 10.1. The zero-order chi connectivity index (χ0) is 15.8. The van der Waals surface area contributed by atoms with Crippen molar-refractivity contribution >= 4 is 26.7 Å². The van der Waals surface area contributed by atoms with Crippen LogP contribution in [0.15, 0.2) is 4.24 Å². The maximum atomic E-state index is 13.4. The van der Waals surface area contributed by atoms with Crippen LogP contribution in [0.3, 0.4) is 0 Å². The Kier molecular flexibility index (Phi) is 4.70. The molecule has 0 saturated carbocycles. The van der Waals surface area contributed by atoms with Crippen LogP contribution in [0, 0.1) is 29.1 Å². The Morgan fingerprint density at radius 2 is 1.30 bits per heavy atom. The van der Waals surface area contributed by atoms with Crippen molar-refractivity contribution in [2.24, 2.45) is 0 Å². The SMILES string of the molecule is CS(=O)/C(=C/c1c(F)c(F)c(F)c(F)c1F)S(C)(=O)=O. The van der Waals surface area contributed by atoms with Gasteiger partial charge in [0.2, 0.25) is 5.82 Å². The Morgan fingerprint density at radius 3 is 1.60 bits per heavy atom. The minimum absolute atomic E-state index is 0.168. The predicted molar refractivity (Wildman–Crippen MR) is 63.1 cm³/mol. The summed E-state index contributed by atoms with van der Waals surface area (Å²) >= 11 is 0. The summed E-state index contributed by atoms with van der Waals surface area (Å²) in [7, 11) is -6.35. The predicted octanol–water partition coefficient (Wildman–Crippen LogP) is 2.10. The summed E-state index contributed by atoms with van der Waals surface area (Å²) in [5.41, 5.74) is -1.46. The van der Waals surface area contributed by atoms with Gasteiger partial charge in [0.05, 0.1) is 16.4 Å². The molecular weight excluding hydrogens is 327 g/mol. The zero-order valence-corrected chi connectivity index (χ0v) is 11.6. The lowest BCUT2D eigenvalue weighted by molar-refractivity contribution is 0.377. The van der Waals surface area contributed by atoms with E-state index in [1.807, 2.05) is 0 Å². The standard InChI is InChI=1S/C10H7F5O3S2/c1-19(16)5(20(2,17)18)3-4-6(11)8(13)10(15)9(14)7(4)12/h3H,1-2H3/b5-3-. The lowest BCUT2D eigenvalue weighted by Gasteiger charge is -2.06. The molecule has 0 aliphatic carbocycles. The van der Waals surface area contributed by atoms with Crippen LogP contribution in [0.25, 0.3) is 6.08 Å². The molecule has 3 nitrogen and oxygen atoms in total. The van der Waals surface area contributed by atoms with Crippen LogP contribution in [-0.4, -0.2) is 25.1 Å². The van der Waals surface area contributed by atoms with Gasteiger partial charge in [0.15, 0.2) is 33.1 Å². The minimum Gasteiger partial charge on any atom is -0.254 e. The first-order valence-electron chi connectivity index (χ1n) is 4.75. The molecule has 0 heterocycles. The van der Waals surface area contributed by atoms with Crippen molar-refractivity contribution in [1.29, 1.82) is 0 Å². The Hall–Kier alpha value is -1.29. The Balaban J connectivity index is 3.77. The van der Waals surface area contributed by atoms with E-state index in [9.17, 15) is 34.6 Å². The summed E-state index contributed by atoms with van der Waals surface area (Å²) in [6, 6.07) is 0. The normalized spacial score (nSPS) is 14.4. The van der Waals surface area contributed by atoms with Crippen LogP contribution in [0.4, 0.5) is 22.0 Å². The molecule has 1 rings (SSSR count). The third-order valence-corrected chi connectivity index (χ3v) is 5.30. The average molecular weight is 334 g/mol. The van der Waals surface area contributed by atoms with Gasteiger partial charge in [0.25, 0.3) is 0 Å². The van der Waals surface area contributed by atoms with Gasteiger partial charge in [-0.25, -0.2) is 30.4 Å². The van der Waals surface area contributed by atoms with E-state index in [1.54, 1.807) is 0 Å². The highest BCUT2D eigenvalue weighted by Crippen LogP contribution is 2.26. The molecule has 0 saturated heterocycles. The highest BCUT2D eigenvalue weighted by atomic mass is 32.3. The van der Waals surface area contributed by atoms with Crippen LogP contribution in [-0.2, 0) is 20.6 Å². The van der Waals surface area contributed by atoms with Crippen molar-refractivity contribution in [3.63, 3.8) is 0 Å². The third-order valence-electron chi connectivity index (χ3n) is 2.15. The van der Waals surface area contributed by atoms with Crippen molar-refractivity contribution in [3.05, 3.63) is 38.9 Å². The van der Waals surface area contributed by atoms with Crippen molar-refractivity contribution in [3.8, 4) is 0 Å². The molecule has 1 unspecified atom stereocenters. The van der Waals surface area contributed by atoms with E-state index in [0.29, 0.717) is 6.26 Å². The van der Waals surface area contributed by atoms with Crippen LogP contribution in [0.2, 0.25) is 0 Å². The number of rotatable bonds is 3. The molecule has 10 heteroatoms. The molecule has 0 aromatic heterocycles. The van der Waals surface area contributed by atoms with Gasteiger partial charge in [0.1, 0.15) is 4.24 Å². The van der Waals surface area contributed by atoms with Crippen LogP contribution in [0.5, 0.6) is 0 Å². The van der Waals surface area contributed by atoms with Crippen molar-refractivity contribution in [2.75, 3.05) is 12.5 Å². The molecule has 1 aromatic rings. The summed E-state index contributed by atoms with van der Waals surface area (Å²) in [5.74, 6) is -11.2. The Morgan fingerprint density at radius 1 is 0.950 bits per heavy atom. The third kappa shape index (κ3) is 3.06. The summed E-state index contributed by atoms with van der Waals surface area (Å²) in [4.78, 5) is 0. The van der Waals surface area contributed by atoms with E-state index >= 15 is 0 Å². The highest BCUT2D eigenvalue weighted by molar-refractivity contribution is 8.11. The summed E-state index contributed by atoms with van der Waals surface area (Å²) in [5, 5.41) is 0. The molecule has 0 aliphatic rings. The van der Waals surface area contributed by atoms with E-state index in [-0.39, 0.29) is 6.08 Å². The van der Waals surface area contributed by atoms with Gasteiger partial charge in [-0.3, -0.25) is 4.21 Å². The van der Waals surface area contributed by atoms with E-state index < -0.39 is 59.5 Å². The largest absolute Gasteiger partial charge is 0.254 e. The molecule has 0 aliphatic heterocycles. The number of benzene rings is 1. The molecular formula is C10H7F5O3S2. The van der Waals surface area contributed by atoms with E-state index in [2.05, 4.69) is 0 Å². The topological polar surface area (TPSA) is 51.2 Å². The maximum Gasteiger partial charge on any atom is 0.200 e. The number of sulfone groups is 1. The van der Waals surface area contributed by atoms with E-state index in [1.165, 1.54) is 0 Å². The van der Waals surface area contributed by atoms with Gasteiger partial charge in [0, 0.05) is 12.5 Å². The summed E-state index contributed by atoms with van der Waals surface area (Å²) in [6.07, 6.45) is 1.65. The summed E-state index contributed by atoms with van der Waals surface area (Å²) < 4.78 is 98.2. The molecule has 112 valence electrons. The van der Waals surface area contributed by atoms with Gasteiger partial charge in [-0.15, -0.1) is 0 Å². The molecule has 20 heavy (non-hydrogen) atoms. The molecule has 0 fully saturated rings. The summed E-state index contributed by atoms with van der Waals surface area (Å²) in [6.45, 7) is 0. The first-order chi connectivity index (χ1) is 8.98. The molecule has 0 spiro atoms.